The fraction of sp³-hybridized carbons (Fsp3) is 0.278. The highest BCUT2D eigenvalue weighted by Crippen LogP contribution is 2.43. The number of nitrogens with one attached hydrogen (secondary N) is 1. The van der Waals surface area contributed by atoms with Crippen molar-refractivity contribution in [2.45, 2.75) is 24.7 Å². The van der Waals surface area contributed by atoms with E-state index in [2.05, 4.69) is 45.5 Å². The maximum Gasteiger partial charge on any atom is 0.251 e. The molecule has 1 amide bonds. The maximum absolute atomic E-state index is 12.3. The standard InChI is InChI=1S/C18H18BrNO/c19-16-9-4-6-14(12-16)17(21)20-13-18(10-5-11-18)15-7-2-1-3-8-15/h1-4,6-9,12H,5,10-11,13H2,(H,20,21). The highest BCUT2D eigenvalue weighted by atomic mass is 79.9. The Kier molecular flexibility index (Phi) is 4.11. The molecule has 2 aromatic rings. The number of halogens is 1. The number of benzene rings is 2. The van der Waals surface area contributed by atoms with E-state index in [0.29, 0.717) is 12.1 Å². The first-order valence-electron chi connectivity index (χ1n) is 7.29. The minimum atomic E-state index is -0.00138. The summed E-state index contributed by atoms with van der Waals surface area (Å²) in [5.41, 5.74) is 2.17. The largest absolute Gasteiger partial charge is 0.351 e. The summed E-state index contributed by atoms with van der Waals surface area (Å²) in [6.45, 7) is 0.711. The molecule has 2 nitrogen and oxygen atoms in total. The van der Waals surface area contributed by atoms with Crippen LogP contribution < -0.4 is 5.32 Å². The number of carbonyl (C=O) groups excluding carboxylic acids is 1. The Morgan fingerprint density at radius 3 is 2.48 bits per heavy atom. The number of hydrogen-bond donors (Lipinski definition) is 1. The van der Waals surface area contributed by atoms with Crippen LogP contribution in [0.15, 0.2) is 59.1 Å². The van der Waals surface area contributed by atoms with Gasteiger partial charge in [-0.15, -0.1) is 0 Å². The Morgan fingerprint density at radius 2 is 1.86 bits per heavy atom. The smallest absolute Gasteiger partial charge is 0.251 e. The molecule has 21 heavy (non-hydrogen) atoms. The Labute approximate surface area is 133 Å². The summed E-state index contributed by atoms with van der Waals surface area (Å²) in [4.78, 5) is 12.3. The van der Waals surface area contributed by atoms with Gasteiger partial charge in [-0.3, -0.25) is 4.79 Å². The van der Waals surface area contributed by atoms with Gasteiger partial charge in [0.25, 0.3) is 5.91 Å². The molecule has 1 N–H and O–H groups in total. The first-order chi connectivity index (χ1) is 10.2. The van der Waals surface area contributed by atoms with Crippen LogP contribution in [0.25, 0.3) is 0 Å². The van der Waals surface area contributed by atoms with Gasteiger partial charge < -0.3 is 5.32 Å². The number of hydrogen-bond acceptors (Lipinski definition) is 1. The average molecular weight is 344 g/mol. The van der Waals surface area contributed by atoms with Crippen molar-refractivity contribution in [3.8, 4) is 0 Å². The van der Waals surface area contributed by atoms with Crippen molar-refractivity contribution in [2.24, 2.45) is 0 Å². The van der Waals surface area contributed by atoms with Gasteiger partial charge in [-0.1, -0.05) is 58.7 Å². The average Bonchev–Trinajstić information content (AvgIpc) is 2.47. The van der Waals surface area contributed by atoms with Gasteiger partial charge in [-0.25, -0.2) is 0 Å². The van der Waals surface area contributed by atoms with E-state index in [-0.39, 0.29) is 11.3 Å². The molecule has 0 spiro atoms. The third-order valence-electron chi connectivity index (χ3n) is 4.37. The quantitative estimate of drug-likeness (QED) is 0.880. The van der Waals surface area contributed by atoms with Crippen LogP contribution in [0.2, 0.25) is 0 Å². The van der Waals surface area contributed by atoms with Gasteiger partial charge in [0.2, 0.25) is 0 Å². The summed E-state index contributed by atoms with van der Waals surface area (Å²) in [5.74, 6) is -0.00138. The van der Waals surface area contributed by atoms with Crippen LogP contribution in [0.5, 0.6) is 0 Å². The minimum absolute atomic E-state index is 0.00138. The normalized spacial score (nSPS) is 16.0. The molecule has 0 heterocycles. The van der Waals surface area contributed by atoms with Gasteiger partial charge in [-0.05, 0) is 36.6 Å². The molecule has 2 aromatic carbocycles. The molecule has 0 saturated heterocycles. The molecule has 1 aliphatic carbocycles. The molecule has 0 bridgehead atoms. The molecular formula is C18H18BrNO. The lowest BCUT2D eigenvalue weighted by Gasteiger charge is -2.42. The summed E-state index contributed by atoms with van der Waals surface area (Å²) in [5, 5.41) is 3.11. The SMILES string of the molecule is O=C(NCC1(c2ccccc2)CCC1)c1cccc(Br)c1. The van der Waals surface area contributed by atoms with Crippen LogP contribution >= 0.6 is 15.9 Å². The summed E-state index contributed by atoms with van der Waals surface area (Å²) < 4.78 is 0.927. The van der Waals surface area contributed by atoms with Crippen molar-refractivity contribution >= 4 is 21.8 Å². The van der Waals surface area contributed by atoms with Crippen molar-refractivity contribution in [2.75, 3.05) is 6.54 Å². The summed E-state index contributed by atoms with van der Waals surface area (Å²) >= 11 is 3.40. The first kappa shape index (κ1) is 14.3. The molecule has 0 unspecified atom stereocenters. The Morgan fingerprint density at radius 1 is 1.10 bits per heavy atom. The molecule has 0 radical (unpaired) electrons. The maximum atomic E-state index is 12.3. The van der Waals surface area contributed by atoms with E-state index >= 15 is 0 Å². The second kappa shape index (κ2) is 6.02. The molecule has 1 saturated carbocycles. The topological polar surface area (TPSA) is 29.1 Å². The Balaban J connectivity index is 1.70. The fourth-order valence-electron chi connectivity index (χ4n) is 2.94. The highest BCUT2D eigenvalue weighted by Gasteiger charge is 2.38. The molecule has 0 atom stereocenters. The van der Waals surface area contributed by atoms with Crippen LogP contribution in [-0.2, 0) is 5.41 Å². The van der Waals surface area contributed by atoms with Crippen molar-refractivity contribution in [1.29, 1.82) is 0 Å². The molecule has 0 aliphatic heterocycles. The molecular weight excluding hydrogens is 326 g/mol. The fourth-order valence-corrected chi connectivity index (χ4v) is 3.34. The van der Waals surface area contributed by atoms with Gasteiger partial charge in [0, 0.05) is 22.0 Å². The molecule has 3 heteroatoms. The third-order valence-corrected chi connectivity index (χ3v) is 4.86. The Hall–Kier alpha value is -1.61. The van der Waals surface area contributed by atoms with Gasteiger partial charge in [0.15, 0.2) is 0 Å². The number of amides is 1. The second-order valence-electron chi connectivity index (χ2n) is 5.69. The summed E-state index contributed by atoms with van der Waals surface area (Å²) in [6, 6.07) is 18.0. The third kappa shape index (κ3) is 3.03. The van der Waals surface area contributed by atoms with Crippen molar-refractivity contribution in [1.82, 2.24) is 5.32 Å². The van der Waals surface area contributed by atoms with Crippen molar-refractivity contribution < 1.29 is 4.79 Å². The van der Waals surface area contributed by atoms with E-state index in [1.54, 1.807) is 0 Å². The lowest BCUT2D eigenvalue weighted by molar-refractivity contribution is 0.0928. The van der Waals surface area contributed by atoms with Crippen molar-refractivity contribution in [3.05, 3.63) is 70.2 Å². The van der Waals surface area contributed by atoms with Crippen LogP contribution in [0.1, 0.15) is 35.2 Å². The molecule has 1 fully saturated rings. The summed E-state index contributed by atoms with van der Waals surface area (Å²) in [7, 11) is 0. The monoisotopic (exact) mass is 343 g/mol. The van der Waals surface area contributed by atoms with Gasteiger partial charge >= 0.3 is 0 Å². The Bertz CT molecular complexity index is 635. The van der Waals surface area contributed by atoms with E-state index in [1.165, 1.54) is 12.0 Å². The lowest BCUT2D eigenvalue weighted by Crippen LogP contribution is -2.45. The lowest BCUT2D eigenvalue weighted by atomic mass is 9.64. The van der Waals surface area contributed by atoms with E-state index in [9.17, 15) is 4.79 Å². The van der Waals surface area contributed by atoms with Gasteiger partial charge in [-0.2, -0.15) is 0 Å². The zero-order valence-electron chi connectivity index (χ0n) is 11.8. The summed E-state index contributed by atoms with van der Waals surface area (Å²) in [6.07, 6.45) is 3.53. The second-order valence-corrected chi connectivity index (χ2v) is 6.61. The highest BCUT2D eigenvalue weighted by molar-refractivity contribution is 9.10. The zero-order valence-corrected chi connectivity index (χ0v) is 13.4. The molecule has 1 aliphatic rings. The number of carbonyl (C=O) groups is 1. The van der Waals surface area contributed by atoms with E-state index in [0.717, 1.165) is 17.3 Å². The molecule has 0 aromatic heterocycles. The van der Waals surface area contributed by atoms with E-state index in [1.807, 2.05) is 30.3 Å². The zero-order chi connectivity index (χ0) is 14.7. The van der Waals surface area contributed by atoms with Crippen LogP contribution in [-0.4, -0.2) is 12.5 Å². The van der Waals surface area contributed by atoms with E-state index in [4.69, 9.17) is 0 Å². The minimum Gasteiger partial charge on any atom is -0.351 e. The first-order valence-corrected chi connectivity index (χ1v) is 8.08. The van der Waals surface area contributed by atoms with Gasteiger partial charge in [0.1, 0.15) is 0 Å². The van der Waals surface area contributed by atoms with Crippen LogP contribution in [0.3, 0.4) is 0 Å². The van der Waals surface area contributed by atoms with Crippen LogP contribution in [0.4, 0.5) is 0 Å². The molecule has 108 valence electrons. The van der Waals surface area contributed by atoms with E-state index < -0.39 is 0 Å². The van der Waals surface area contributed by atoms with Gasteiger partial charge in [0.05, 0.1) is 0 Å². The van der Waals surface area contributed by atoms with Crippen molar-refractivity contribution in [3.63, 3.8) is 0 Å². The molecule has 3 rings (SSSR count). The predicted octanol–water partition coefficient (Wildman–Crippen LogP) is 4.30. The number of rotatable bonds is 4. The van der Waals surface area contributed by atoms with Crippen LogP contribution in [0, 0.1) is 0 Å². The predicted molar refractivity (Wildman–Crippen MR) is 88.4 cm³/mol.